The molecule has 0 saturated carbocycles. The molecule has 0 heterocycles. The Morgan fingerprint density at radius 2 is 2.14 bits per heavy atom. The molecule has 0 aromatic heterocycles. The molecule has 0 saturated heterocycles. The highest BCUT2D eigenvalue weighted by atomic mass is 16.4. The largest absolute Gasteiger partial charge is 0.478 e. The second-order valence-electron chi connectivity index (χ2n) is 2.58. The zero-order chi connectivity index (χ0) is 10.6. The van der Waals surface area contributed by atoms with Gasteiger partial charge in [0.2, 0.25) is 6.41 Å². The number of carbonyl (C=O) groups is 2. The maximum absolute atomic E-state index is 10.6. The Balaban J connectivity index is 3.13. The number of carboxylic acids is 1. The van der Waals surface area contributed by atoms with Gasteiger partial charge in [-0.2, -0.15) is 0 Å². The standard InChI is InChI=1S/C9H10N2O3/c1-10-7-3-2-6(9(13)14)4-8(7)11-5-12/h2-5,10H,1H3,(H,11,12)(H,13,14). The van der Waals surface area contributed by atoms with E-state index in [-0.39, 0.29) is 5.56 Å². The molecular formula is C9H10N2O3. The predicted molar refractivity (Wildman–Crippen MR) is 52.6 cm³/mol. The first-order valence-corrected chi connectivity index (χ1v) is 3.94. The molecule has 5 heteroatoms. The third-order valence-corrected chi connectivity index (χ3v) is 1.75. The molecule has 0 aliphatic rings. The summed E-state index contributed by atoms with van der Waals surface area (Å²) in [6.45, 7) is 0. The van der Waals surface area contributed by atoms with Gasteiger partial charge in [-0.25, -0.2) is 4.79 Å². The van der Waals surface area contributed by atoms with Crippen molar-refractivity contribution < 1.29 is 14.7 Å². The Morgan fingerprint density at radius 1 is 1.43 bits per heavy atom. The van der Waals surface area contributed by atoms with Crippen molar-refractivity contribution in [2.45, 2.75) is 0 Å². The number of carbonyl (C=O) groups excluding carboxylic acids is 1. The van der Waals surface area contributed by atoms with E-state index in [0.717, 1.165) is 0 Å². The van der Waals surface area contributed by atoms with Gasteiger partial charge in [-0.15, -0.1) is 0 Å². The van der Waals surface area contributed by atoms with Crippen LogP contribution >= 0.6 is 0 Å². The molecule has 0 bridgehead atoms. The van der Waals surface area contributed by atoms with E-state index in [1.165, 1.54) is 12.1 Å². The molecule has 0 unspecified atom stereocenters. The lowest BCUT2D eigenvalue weighted by molar-refractivity contribution is -0.105. The maximum atomic E-state index is 10.6. The molecule has 1 amide bonds. The van der Waals surface area contributed by atoms with E-state index in [2.05, 4.69) is 10.6 Å². The molecule has 0 aliphatic carbocycles. The van der Waals surface area contributed by atoms with Crippen LogP contribution in [0.2, 0.25) is 0 Å². The summed E-state index contributed by atoms with van der Waals surface area (Å²) in [6.07, 6.45) is 0.502. The Bertz CT molecular complexity index is 363. The number of hydrogen-bond donors (Lipinski definition) is 3. The number of nitrogens with one attached hydrogen (secondary N) is 2. The minimum atomic E-state index is -1.03. The normalized spacial score (nSPS) is 9.21. The van der Waals surface area contributed by atoms with E-state index < -0.39 is 5.97 Å². The first kappa shape index (κ1) is 10.0. The zero-order valence-electron chi connectivity index (χ0n) is 7.57. The summed E-state index contributed by atoms with van der Waals surface area (Å²) < 4.78 is 0. The Kier molecular flexibility index (Phi) is 3.06. The van der Waals surface area contributed by atoms with Crippen LogP contribution in [0.25, 0.3) is 0 Å². The first-order chi connectivity index (χ1) is 6.69. The Hall–Kier alpha value is -2.04. The minimum Gasteiger partial charge on any atom is -0.478 e. The summed E-state index contributed by atoms with van der Waals surface area (Å²) in [5, 5.41) is 14.0. The van der Waals surface area contributed by atoms with E-state index in [4.69, 9.17) is 5.11 Å². The van der Waals surface area contributed by atoms with Gasteiger partial charge in [0.1, 0.15) is 0 Å². The van der Waals surface area contributed by atoms with Gasteiger partial charge in [-0.05, 0) is 18.2 Å². The van der Waals surface area contributed by atoms with Crippen molar-refractivity contribution in [3.05, 3.63) is 23.8 Å². The van der Waals surface area contributed by atoms with Crippen molar-refractivity contribution in [3.8, 4) is 0 Å². The number of amides is 1. The van der Waals surface area contributed by atoms with Crippen molar-refractivity contribution >= 4 is 23.8 Å². The highest BCUT2D eigenvalue weighted by Crippen LogP contribution is 2.22. The quantitative estimate of drug-likeness (QED) is 0.624. The van der Waals surface area contributed by atoms with Gasteiger partial charge in [0.25, 0.3) is 0 Å². The number of rotatable bonds is 4. The molecule has 1 aromatic rings. The van der Waals surface area contributed by atoms with E-state index in [0.29, 0.717) is 17.8 Å². The number of hydrogen-bond acceptors (Lipinski definition) is 3. The fourth-order valence-electron chi connectivity index (χ4n) is 1.08. The van der Waals surface area contributed by atoms with Crippen LogP contribution in [0.3, 0.4) is 0 Å². The molecule has 3 N–H and O–H groups in total. The Labute approximate surface area is 80.7 Å². The van der Waals surface area contributed by atoms with E-state index in [1.807, 2.05) is 0 Å². The SMILES string of the molecule is CNc1ccc(C(=O)O)cc1NC=O. The molecule has 1 rings (SSSR count). The molecule has 5 nitrogen and oxygen atoms in total. The van der Waals surface area contributed by atoms with Gasteiger partial charge < -0.3 is 15.7 Å². The number of anilines is 2. The molecular weight excluding hydrogens is 184 g/mol. The highest BCUT2D eigenvalue weighted by Gasteiger charge is 2.06. The van der Waals surface area contributed by atoms with E-state index in [1.54, 1.807) is 13.1 Å². The smallest absolute Gasteiger partial charge is 0.335 e. The summed E-state index contributed by atoms with van der Waals surface area (Å²) in [7, 11) is 1.69. The third kappa shape index (κ3) is 2.01. The molecule has 74 valence electrons. The fourth-order valence-corrected chi connectivity index (χ4v) is 1.08. The second-order valence-corrected chi connectivity index (χ2v) is 2.58. The third-order valence-electron chi connectivity index (χ3n) is 1.75. The number of aromatic carboxylic acids is 1. The highest BCUT2D eigenvalue weighted by molar-refractivity contribution is 5.92. The van der Waals surface area contributed by atoms with Crippen molar-refractivity contribution in [2.24, 2.45) is 0 Å². The lowest BCUT2D eigenvalue weighted by atomic mass is 10.1. The van der Waals surface area contributed by atoms with Gasteiger partial charge in [-0.1, -0.05) is 0 Å². The van der Waals surface area contributed by atoms with Gasteiger partial charge in [-0.3, -0.25) is 4.79 Å². The average Bonchev–Trinajstić information content (AvgIpc) is 2.18. The minimum absolute atomic E-state index is 0.133. The first-order valence-electron chi connectivity index (χ1n) is 3.94. The molecule has 0 radical (unpaired) electrons. The van der Waals surface area contributed by atoms with Crippen LogP contribution in [0, 0.1) is 0 Å². The lowest BCUT2D eigenvalue weighted by Gasteiger charge is -2.08. The number of carboxylic acid groups (broad SMARTS) is 1. The van der Waals surface area contributed by atoms with Crippen molar-refractivity contribution in [3.63, 3.8) is 0 Å². The Morgan fingerprint density at radius 3 is 2.64 bits per heavy atom. The van der Waals surface area contributed by atoms with Crippen LogP contribution in [0.5, 0.6) is 0 Å². The van der Waals surface area contributed by atoms with Crippen molar-refractivity contribution in [1.29, 1.82) is 0 Å². The van der Waals surface area contributed by atoms with E-state index >= 15 is 0 Å². The topological polar surface area (TPSA) is 78.4 Å². The van der Waals surface area contributed by atoms with Crippen LogP contribution in [0.15, 0.2) is 18.2 Å². The zero-order valence-corrected chi connectivity index (χ0v) is 7.57. The summed E-state index contributed by atoms with van der Waals surface area (Å²) in [6, 6.07) is 4.45. The molecule has 14 heavy (non-hydrogen) atoms. The van der Waals surface area contributed by atoms with Gasteiger partial charge in [0.05, 0.1) is 16.9 Å². The molecule has 0 atom stereocenters. The van der Waals surface area contributed by atoms with Gasteiger partial charge in [0.15, 0.2) is 0 Å². The van der Waals surface area contributed by atoms with Gasteiger partial charge in [0, 0.05) is 7.05 Å². The lowest BCUT2D eigenvalue weighted by Crippen LogP contribution is -2.03. The van der Waals surface area contributed by atoms with E-state index in [9.17, 15) is 9.59 Å². The van der Waals surface area contributed by atoms with Crippen LogP contribution in [0.1, 0.15) is 10.4 Å². The monoisotopic (exact) mass is 194 g/mol. The maximum Gasteiger partial charge on any atom is 0.335 e. The number of benzene rings is 1. The van der Waals surface area contributed by atoms with Gasteiger partial charge >= 0.3 is 5.97 Å². The second kappa shape index (κ2) is 4.27. The summed E-state index contributed by atoms with van der Waals surface area (Å²) in [5.74, 6) is -1.03. The summed E-state index contributed by atoms with van der Waals surface area (Å²) in [5.41, 5.74) is 1.25. The van der Waals surface area contributed by atoms with Crippen molar-refractivity contribution in [1.82, 2.24) is 0 Å². The van der Waals surface area contributed by atoms with Crippen LogP contribution in [0.4, 0.5) is 11.4 Å². The van der Waals surface area contributed by atoms with Crippen LogP contribution < -0.4 is 10.6 Å². The summed E-state index contributed by atoms with van der Waals surface area (Å²) >= 11 is 0. The average molecular weight is 194 g/mol. The molecule has 0 spiro atoms. The van der Waals surface area contributed by atoms with Crippen molar-refractivity contribution in [2.75, 3.05) is 17.7 Å². The summed E-state index contributed by atoms with van der Waals surface area (Å²) in [4.78, 5) is 20.9. The predicted octanol–water partition coefficient (Wildman–Crippen LogP) is 0.995. The molecule has 1 aromatic carbocycles. The fraction of sp³-hybridized carbons (Fsp3) is 0.111. The van der Waals surface area contributed by atoms with Crippen LogP contribution in [-0.2, 0) is 4.79 Å². The molecule has 0 aliphatic heterocycles. The molecule has 0 fully saturated rings. The van der Waals surface area contributed by atoms with Crippen LogP contribution in [-0.4, -0.2) is 24.5 Å².